The van der Waals surface area contributed by atoms with Crippen LogP contribution in [0.15, 0.2) is 60.7 Å². The summed E-state index contributed by atoms with van der Waals surface area (Å²) >= 11 is 5.81. The second-order valence-electron chi connectivity index (χ2n) is 7.63. The summed E-state index contributed by atoms with van der Waals surface area (Å²) in [6.45, 7) is 3.18. The molecular formula is C25H19ClN2O5. The van der Waals surface area contributed by atoms with E-state index >= 15 is 0 Å². The van der Waals surface area contributed by atoms with Crippen LogP contribution < -0.4 is 10.2 Å². The zero-order valence-corrected chi connectivity index (χ0v) is 18.6. The zero-order chi connectivity index (χ0) is 23.7. The number of ether oxygens (including phenoxy) is 1. The third kappa shape index (κ3) is 4.49. The van der Waals surface area contributed by atoms with Crippen LogP contribution in [0.4, 0.5) is 11.4 Å². The molecule has 8 heteroatoms. The van der Waals surface area contributed by atoms with E-state index in [0.717, 1.165) is 16.0 Å². The number of nitrogens with zero attached hydrogens (tertiary/aromatic N) is 1. The second kappa shape index (κ2) is 8.88. The van der Waals surface area contributed by atoms with Crippen LogP contribution in [0.2, 0.25) is 5.02 Å². The lowest BCUT2D eigenvalue weighted by Crippen LogP contribution is -2.30. The molecule has 7 nitrogen and oxygen atoms in total. The Morgan fingerprint density at radius 3 is 2.33 bits per heavy atom. The average molecular weight is 463 g/mol. The average Bonchev–Trinajstić information content (AvgIpc) is 3.05. The van der Waals surface area contributed by atoms with E-state index in [4.69, 9.17) is 16.3 Å². The molecule has 0 bridgehead atoms. The number of nitrogens with one attached hydrogen (secondary N) is 1. The lowest BCUT2D eigenvalue weighted by molar-refractivity contribution is -0.119. The molecule has 0 atom stereocenters. The van der Waals surface area contributed by atoms with Crippen molar-refractivity contribution >= 4 is 46.7 Å². The Hall–Kier alpha value is -3.97. The van der Waals surface area contributed by atoms with E-state index in [1.165, 1.54) is 18.2 Å². The number of imide groups is 1. The highest BCUT2D eigenvalue weighted by Gasteiger charge is 2.38. The van der Waals surface area contributed by atoms with Crippen LogP contribution >= 0.6 is 11.6 Å². The molecule has 1 N–H and O–H groups in total. The maximum absolute atomic E-state index is 13.0. The molecule has 0 unspecified atom stereocenters. The van der Waals surface area contributed by atoms with E-state index < -0.39 is 30.3 Å². The van der Waals surface area contributed by atoms with Crippen molar-refractivity contribution in [2.45, 2.75) is 13.8 Å². The molecule has 166 valence electrons. The first-order valence-electron chi connectivity index (χ1n) is 10.1. The smallest absolute Gasteiger partial charge is 0.338 e. The molecule has 0 aliphatic carbocycles. The van der Waals surface area contributed by atoms with Crippen molar-refractivity contribution in [1.29, 1.82) is 0 Å². The van der Waals surface area contributed by atoms with Gasteiger partial charge in [-0.1, -0.05) is 23.7 Å². The second-order valence-corrected chi connectivity index (χ2v) is 8.06. The van der Waals surface area contributed by atoms with Gasteiger partial charge < -0.3 is 10.1 Å². The van der Waals surface area contributed by atoms with Gasteiger partial charge in [-0.05, 0) is 73.5 Å². The molecule has 3 amide bonds. The largest absolute Gasteiger partial charge is 0.452 e. The Morgan fingerprint density at radius 2 is 1.61 bits per heavy atom. The van der Waals surface area contributed by atoms with Gasteiger partial charge in [-0.15, -0.1) is 0 Å². The molecule has 1 heterocycles. The lowest BCUT2D eigenvalue weighted by Gasteiger charge is -2.17. The van der Waals surface area contributed by atoms with Crippen LogP contribution in [0, 0.1) is 13.8 Å². The Bertz CT molecular complexity index is 1300. The van der Waals surface area contributed by atoms with Gasteiger partial charge in [-0.2, -0.15) is 0 Å². The molecule has 3 aromatic rings. The Kier molecular flexibility index (Phi) is 5.98. The van der Waals surface area contributed by atoms with Gasteiger partial charge in [0.05, 0.1) is 22.4 Å². The quantitative estimate of drug-likeness (QED) is 0.443. The number of fused-ring (bicyclic) bond motifs is 1. The van der Waals surface area contributed by atoms with E-state index in [9.17, 15) is 19.2 Å². The molecule has 3 aromatic carbocycles. The fraction of sp³-hybridized carbons (Fsp3) is 0.120. The first-order valence-corrected chi connectivity index (χ1v) is 10.4. The molecule has 1 aliphatic heterocycles. The van der Waals surface area contributed by atoms with Crippen molar-refractivity contribution in [2.24, 2.45) is 0 Å². The molecular weight excluding hydrogens is 444 g/mol. The number of hydrogen-bond donors (Lipinski definition) is 1. The van der Waals surface area contributed by atoms with Gasteiger partial charge in [0, 0.05) is 10.7 Å². The molecule has 0 fully saturated rings. The first-order chi connectivity index (χ1) is 15.7. The van der Waals surface area contributed by atoms with E-state index in [1.54, 1.807) is 30.3 Å². The molecule has 1 aliphatic rings. The minimum absolute atomic E-state index is 0.0667. The molecule has 0 aromatic heterocycles. The minimum Gasteiger partial charge on any atom is -0.452 e. The first kappa shape index (κ1) is 22.2. The fourth-order valence-corrected chi connectivity index (χ4v) is 3.62. The molecule has 0 saturated carbocycles. The number of carbonyl (C=O) groups is 4. The summed E-state index contributed by atoms with van der Waals surface area (Å²) in [5, 5.41) is 3.11. The number of rotatable bonds is 5. The Balaban J connectivity index is 1.47. The molecule has 0 saturated heterocycles. The zero-order valence-electron chi connectivity index (χ0n) is 17.8. The molecule has 0 spiro atoms. The molecule has 33 heavy (non-hydrogen) atoms. The SMILES string of the molecule is Cc1ccc(C)c(N2C(=O)c3ccc(C(=O)OCC(=O)Nc4ccc(Cl)cc4)cc3C2=O)c1. The van der Waals surface area contributed by atoms with Crippen molar-refractivity contribution in [1.82, 2.24) is 0 Å². The third-order valence-electron chi connectivity index (χ3n) is 5.19. The fourth-order valence-electron chi connectivity index (χ4n) is 3.49. The summed E-state index contributed by atoms with van der Waals surface area (Å²) in [5.41, 5.74) is 3.09. The summed E-state index contributed by atoms with van der Waals surface area (Å²) in [7, 11) is 0. The van der Waals surface area contributed by atoms with Crippen LogP contribution in [-0.2, 0) is 9.53 Å². The predicted molar refractivity (Wildman–Crippen MR) is 124 cm³/mol. The highest BCUT2D eigenvalue weighted by molar-refractivity contribution is 6.35. The normalized spacial score (nSPS) is 12.5. The number of hydrogen-bond acceptors (Lipinski definition) is 5. The van der Waals surface area contributed by atoms with E-state index in [0.29, 0.717) is 16.4 Å². The number of halogens is 1. The van der Waals surface area contributed by atoms with Crippen molar-refractivity contribution < 1.29 is 23.9 Å². The summed E-state index contributed by atoms with van der Waals surface area (Å²) < 4.78 is 5.07. The number of benzene rings is 3. The number of amides is 3. The minimum atomic E-state index is -0.783. The van der Waals surface area contributed by atoms with E-state index in [1.807, 2.05) is 26.0 Å². The van der Waals surface area contributed by atoms with Crippen molar-refractivity contribution in [3.63, 3.8) is 0 Å². The van der Waals surface area contributed by atoms with Crippen molar-refractivity contribution in [2.75, 3.05) is 16.8 Å². The maximum atomic E-state index is 13.0. The van der Waals surface area contributed by atoms with Gasteiger partial charge in [0.2, 0.25) is 0 Å². The van der Waals surface area contributed by atoms with Crippen LogP contribution in [0.3, 0.4) is 0 Å². The lowest BCUT2D eigenvalue weighted by atomic mass is 10.1. The maximum Gasteiger partial charge on any atom is 0.338 e. The highest BCUT2D eigenvalue weighted by atomic mass is 35.5. The predicted octanol–water partition coefficient (Wildman–Crippen LogP) is 4.55. The summed E-state index contributed by atoms with van der Waals surface area (Å²) in [4.78, 5) is 51.5. The Morgan fingerprint density at radius 1 is 0.909 bits per heavy atom. The van der Waals surface area contributed by atoms with Crippen LogP contribution in [0.1, 0.15) is 42.2 Å². The summed E-state index contributed by atoms with van der Waals surface area (Å²) in [6, 6.07) is 16.1. The number of anilines is 2. The number of esters is 1. The number of aryl methyl sites for hydroxylation is 2. The van der Waals surface area contributed by atoms with Crippen molar-refractivity contribution in [3.8, 4) is 0 Å². The van der Waals surface area contributed by atoms with Crippen LogP contribution in [0.5, 0.6) is 0 Å². The third-order valence-corrected chi connectivity index (χ3v) is 5.44. The monoisotopic (exact) mass is 462 g/mol. The topological polar surface area (TPSA) is 92.8 Å². The summed E-state index contributed by atoms with van der Waals surface area (Å²) in [6.07, 6.45) is 0. The van der Waals surface area contributed by atoms with E-state index in [2.05, 4.69) is 5.32 Å². The van der Waals surface area contributed by atoms with Crippen LogP contribution in [-0.4, -0.2) is 30.3 Å². The van der Waals surface area contributed by atoms with Gasteiger partial charge >= 0.3 is 5.97 Å². The van der Waals surface area contributed by atoms with Gasteiger partial charge in [0.15, 0.2) is 6.61 Å². The standard InChI is InChI=1S/C25H19ClN2O5/c1-14-3-4-15(2)21(11-14)28-23(30)19-10-5-16(12-20(19)24(28)31)25(32)33-13-22(29)27-18-8-6-17(26)7-9-18/h3-12H,13H2,1-2H3,(H,27,29). The van der Waals surface area contributed by atoms with Crippen LogP contribution in [0.25, 0.3) is 0 Å². The van der Waals surface area contributed by atoms with Gasteiger partial charge in [0.25, 0.3) is 17.7 Å². The highest BCUT2D eigenvalue weighted by Crippen LogP contribution is 2.31. The van der Waals surface area contributed by atoms with Gasteiger partial charge in [-0.25, -0.2) is 9.69 Å². The van der Waals surface area contributed by atoms with Crippen molar-refractivity contribution in [3.05, 3.63) is 93.5 Å². The number of carbonyl (C=O) groups excluding carboxylic acids is 4. The summed E-state index contributed by atoms with van der Waals surface area (Å²) in [5.74, 6) is -2.28. The van der Waals surface area contributed by atoms with E-state index in [-0.39, 0.29) is 16.7 Å². The molecule has 0 radical (unpaired) electrons. The van der Waals surface area contributed by atoms with Gasteiger partial charge in [-0.3, -0.25) is 14.4 Å². The molecule has 4 rings (SSSR count). The van der Waals surface area contributed by atoms with Gasteiger partial charge in [0.1, 0.15) is 0 Å². The Labute approximate surface area is 194 Å².